The Hall–Kier alpha value is -1.62. The van der Waals surface area contributed by atoms with Crippen molar-refractivity contribution in [1.82, 2.24) is 14.5 Å². The fourth-order valence-electron chi connectivity index (χ4n) is 1.80. The van der Waals surface area contributed by atoms with Gasteiger partial charge in [-0.05, 0) is 19.9 Å². The van der Waals surface area contributed by atoms with Crippen molar-refractivity contribution in [2.24, 2.45) is 0 Å². The smallest absolute Gasteiger partial charge is 0.201 e. The molecule has 2 N–H and O–H groups in total. The quantitative estimate of drug-likeness (QED) is 0.850. The minimum Gasteiger partial charge on any atom is -0.380 e. The van der Waals surface area contributed by atoms with Crippen molar-refractivity contribution < 1.29 is 4.74 Å². The van der Waals surface area contributed by atoms with E-state index < -0.39 is 0 Å². The Morgan fingerprint density at radius 2 is 2.38 bits per heavy atom. The molecule has 0 bridgehead atoms. The molecule has 16 heavy (non-hydrogen) atoms. The number of fused-ring (bicyclic) bond motifs is 1. The number of pyridine rings is 1. The van der Waals surface area contributed by atoms with Gasteiger partial charge in [0.1, 0.15) is 5.52 Å². The molecule has 2 rings (SSSR count). The third kappa shape index (κ3) is 1.86. The maximum absolute atomic E-state index is 5.89. The number of nitrogens with zero attached hydrogens (tertiary/aromatic N) is 3. The lowest BCUT2D eigenvalue weighted by atomic mass is 10.3. The number of rotatable bonds is 4. The summed E-state index contributed by atoms with van der Waals surface area (Å²) < 4.78 is 7.38. The Labute approximate surface area is 94.2 Å². The van der Waals surface area contributed by atoms with E-state index >= 15 is 0 Å². The Morgan fingerprint density at radius 1 is 1.56 bits per heavy atom. The molecule has 1 unspecified atom stereocenters. The largest absolute Gasteiger partial charge is 0.380 e. The Kier molecular flexibility index (Phi) is 3.05. The lowest BCUT2D eigenvalue weighted by Crippen LogP contribution is -2.14. The number of imidazole rings is 1. The van der Waals surface area contributed by atoms with Crippen LogP contribution in [-0.4, -0.2) is 27.7 Å². The summed E-state index contributed by atoms with van der Waals surface area (Å²) in [5.41, 5.74) is 7.72. The molecule has 86 valence electrons. The Bertz CT molecular complexity index is 480. The molecule has 0 aliphatic rings. The molecule has 0 spiro atoms. The second-order valence-corrected chi connectivity index (χ2v) is 3.71. The third-order valence-corrected chi connectivity index (χ3v) is 2.52. The first-order valence-electron chi connectivity index (χ1n) is 5.39. The van der Waals surface area contributed by atoms with E-state index in [2.05, 4.69) is 16.9 Å². The van der Waals surface area contributed by atoms with E-state index in [9.17, 15) is 0 Å². The molecule has 0 saturated carbocycles. The maximum atomic E-state index is 5.89. The van der Waals surface area contributed by atoms with Crippen LogP contribution in [0.1, 0.15) is 19.9 Å². The van der Waals surface area contributed by atoms with E-state index in [4.69, 9.17) is 10.5 Å². The van der Waals surface area contributed by atoms with Crippen LogP contribution in [0.15, 0.2) is 18.5 Å². The fourth-order valence-corrected chi connectivity index (χ4v) is 1.80. The minimum atomic E-state index is 0.173. The van der Waals surface area contributed by atoms with Crippen molar-refractivity contribution in [2.45, 2.75) is 19.9 Å². The summed E-state index contributed by atoms with van der Waals surface area (Å²) in [6.45, 7) is 5.38. The van der Waals surface area contributed by atoms with Gasteiger partial charge in [0.25, 0.3) is 0 Å². The van der Waals surface area contributed by atoms with Crippen LogP contribution in [0.4, 0.5) is 5.95 Å². The van der Waals surface area contributed by atoms with Gasteiger partial charge in [-0.3, -0.25) is 4.98 Å². The maximum Gasteiger partial charge on any atom is 0.201 e. The summed E-state index contributed by atoms with van der Waals surface area (Å²) >= 11 is 0. The topological polar surface area (TPSA) is 66.0 Å². The predicted octanol–water partition coefficient (Wildman–Crippen LogP) is 1.61. The van der Waals surface area contributed by atoms with Crippen LogP contribution in [0, 0.1) is 0 Å². The zero-order chi connectivity index (χ0) is 11.5. The van der Waals surface area contributed by atoms with Crippen molar-refractivity contribution in [3.05, 3.63) is 18.5 Å². The van der Waals surface area contributed by atoms with Gasteiger partial charge in [-0.15, -0.1) is 0 Å². The van der Waals surface area contributed by atoms with Crippen LogP contribution in [0.2, 0.25) is 0 Å². The fraction of sp³-hybridized carbons (Fsp3) is 0.455. The van der Waals surface area contributed by atoms with E-state index in [1.807, 2.05) is 17.6 Å². The van der Waals surface area contributed by atoms with Crippen LogP contribution >= 0.6 is 0 Å². The van der Waals surface area contributed by atoms with Gasteiger partial charge in [-0.25, -0.2) is 4.98 Å². The molecule has 0 radical (unpaired) electrons. The number of nitrogens with two attached hydrogens (primary N) is 1. The zero-order valence-electron chi connectivity index (χ0n) is 9.55. The van der Waals surface area contributed by atoms with E-state index in [-0.39, 0.29) is 6.04 Å². The Morgan fingerprint density at radius 3 is 3.12 bits per heavy atom. The van der Waals surface area contributed by atoms with Crippen molar-refractivity contribution in [1.29, 1.82) is 0 Å². The number of aromatic nitrogens is 3. The lowest BCUT2D eigenvalue weighted by molar-refractivity contribution is 0.120. The number of hydrogen-bond acceptors (Lipinski definition) is 4. The number of ether oxygens (including phenoxy) is 1. The van der Waals surface area contributed by atoms with Crippen molar-refractivity contribution in [2.75, 3.05) is 18.9 Å². The number of anilines is 1. The highest BCUT2D eigenvalue weighted by Crippen LogP contribution is 2.21. The van der Waals surface area contributed by atoms with E-state index in [0.717, 1.165) is 11.0 Å². The molecule has 0 aliphatic carbocycles. The van der Waals surface area contributed by atoms with E-state index in [0.29, 0.717) is 19.2 Å². The number of hydrogen-bond donors (Lipinski definition) is 1. The predicted molar refractivity (Wildman–Crippen MR) is 63.1 cm³/mol. The molecule has 2 heterocycles. The molecular weight excluding hydrogens is 204 g/mol. The van der Waals surface area contributed by atoms with Crippen LogP contribution < -0.4 is 5.73 Å². The highest BCUT2D eigenvalue weighted by molar-refractivity contribution is 5.77. The van der Waals surface area contributed by atoms with Gasteiger partial charge in [-0.1, -0.05) is 0 Å². The molecular formula is C11H16N4O. The monoisotopic (exact) mass is 220 g/mol. The van der Waals surface area contributed by atoms with Crippen LogP contribution in [0.25, 0.3) is 11.0 Å². The highest BCUT2D eigenvalue weighted by Gasteiger charge is 2.13. The summed E-state index contributed by atoms with van der Waals surface area (Å²) in [6, 6.07) is 2.09. The lowest BCUT2D eigenvalue weighted by Gasteiger charge is -2.15. The number of nitrogen functional groups attached to an aromatic ring is 1. The molecule has 2 aromatic heterocycles. The van der Waals surface area contributed by atoms with Gasteiger partial charge < -0.3 is 15.0 Å². The van der Waals surface area contributed by atoms with Gasteiger partial charge in [0.15, 0.2) is 0 Å². The van der Waals surface area contributed by atoms with Crippen molar-refractivity contribution in [3.63, 3.8) is 0 Å². The summed E-state index contributed by atoms with van der Waals surface area (Å²) in [4.78, 5) is 8.29. The van der Waals surface area contributed by atoms with Gasteiger partial charge in [0.05, 0.1) is 24.4 Å². The first-order valence-corrected chi connectivity index (χ1v) is 5.39. The standard InChI is InChI=1S/C11H16N4O/c1-3-16-7-8(2)15-10-4-5-13-6-9(10)14-11(15)12/h4-6,8H,3,7H2,1-2H3,(H2,12,14). The Balaban J connectivity index is 2.38. The third-order valence-electron chi connectivity index (χ3n) is 2.52. The molecule has 5 nitrogen and oxygen atoms in total. The van der Waals surface area contributed by atoms with Gasteiger partial charge in [-0.2, -0.15) is 0 Å². The first-order chi connectivity index (χ1) is 7.74. The highest BCUT2D eigenvalue weighted by atomic mass is 16.5. The van der Waals surface area contributed by atoms with Crippen molar-refractivity contribution >= 4 is 17.0 Å². The van der Waals surface area contributed by atoms with Crippen LogP contribution in [0.3, 0.4) is 0 Å². The summed E-state index contributed by atoms with van der Waals surface area (Å²) in [5, 5.41) is 0. The van der Waals surface area contributed by atoms with Crippen molar-refractivity contribution in [3.8, 4) is 0 Å². The second-order valence-electron chi connectivity index (χ2n) is 3.71. The average molecular weight is 220 g/mol. The van der Waals surface area contributed by atoms with E-state index in [1.54, 1.807) is 12.4 Å². The second kappa shape index (κ2) is 4.49. The molecule has 2 aromatic rings. The zero-order valence-corrected chi connectivity index (χ0v) is 9.55. The van der Waals surface area contributed by atoms with Gasteiger partial charge >= 0.3 is 0 Å². The normalized spacial score (nSPS) is 13.1. The summed E-state index contributed by atoms with van der Waals surface area (Å²) in [6.07, 6.45) is 3.46. The van der Waals surface area contributed by atoms with Gasteiger partial charge in [0.2, 0.25) is 5.95 Å². The molecule has 0 aromatic carbocycles. The molecule has 0 aliphatic heterocycles. The van der Waals surface area contributed by atoms with E-state index in [1.165, 1.54) is 0 Å². The molecule has 0 fully saturated rings. The van der Waals surface area contributed by atoms with Crippen LogP contribution in [-0.2, 0) is 4.74 Å². The summed E-state index contributed by atoms with van der Waals surface area (Å²) in [5.74, 6) is 0.509. The minimum absolute atomic E-state index is 0.173. The van der Waals surface area contributed by atoms with Crippen LogP contribution in [0.5, 0.6) is 0 Å². The molecule has 0 saturated heterocycles. The first kappa shape index (κ1) is 10.9. The molecule has 0 amide bonds. The molecule has 5 heteroatoms. The summed E-state index contributed by atoms with van der Waals surface area (Å²) in [7, 11) is 0. The molecule has 1 atom stereocenters. The average Bonchev–Trinajstić information content (AvgIpc) is 2.62. The SMILES string of the molecule is CCOCC(C)n1c(N)nc2cnccc21. The van der Waals surface area contributed by atoms with Gasteiger partial charge in [0, 0.05) is 12.8 Å².